The Morgan fingerprint density at radius 3 is 2.83 bits per heavy atom. The number of anilines is 1. The largest absolute Gasteiger partial charge is 0.396 e. The van der Waals surface area contributed by atoms with Gasteiger partial charge >= 0.3 is 0 Å². The second kappa shape index (κ2) is 8.57. The normalized spacial score (nSPS) is 21.2. The summed E-state index contributed by atoms with van der Waals surface area (Å²) < 4.78 is 2.00. The number of ketones is 1. The molecule has 1 aliphatic rings. The number of rotatable bonds is 7. The zero-order chi connectivity index (χ0) is 20.2. The molecule has 0 amide bonds. The predicted molar refractivity (Wildman–Crippen MR) is 112 cm³/mol. The molecule has 0 aliphatic heterocycles. The molecule has 3 atom stereocenters. The first-order valence-corrected chi connectivity index (χ1v) is 10.1. The number of benzene rings is 1. The molecule has 0 radical (unpaired) electrons. The molecular formula is C23H26N4O2. The van der Waals surface area contributed by atoms with Crippen molar-refractivity contribution in [3.05, 3.63) is 78.0 Å². The molecule has 6 nitrogen and oxygen atoms in total. The lowest BCUT2D eigenvalue weighted by molar-refractivity contribution is 0.103. The van der Waals surface area contributed by atoms with Gasteiger partial charge in [0, 0.05) is 43.3 Å². The van der Waals surface area contributed by atoms with Crippen molar-refractivity contribution >= 4 is 11.6 Å². The quantitative estimate of drug-likeness (QED) is 0.605. The Kier molecular flexibility index (Phi) is 5.71. The van der Waals surface area contributed by atoms with Crippen LogP contribution in [0.15, 0.2) is 61.3 Å². The fourth-order valence-corrected chi connectivity index (χ4v) is 4.13. The molecule has 1 saturated carbocycles. The summed E-state index contributed by atoms with van der Waals surface area (Å²) in [6, 6.07) is 12.2. The van der Waals surface area contributed by atoms with Crippen LogP contribution in [0.25, 0.3) is 0 Å². The van der Waals surface area contributed by atoms with Crippen LogP contribution < -0.4 is 5.32 Å². The number of nitrogens with zero attached hydrogens (tertiary/aromatic N) is 3. The maximum absolute atomic E-state index is 13.1. The van der Waals surface area contributed by atoms with Crippen LogP contribution in [0.1, 0.15) is 41.3 Å². The smallest absolute Gasteiger partial charge is 0.199 e. The van der Waals surface area contributed by atoms with Crippen molar-refractivity contribution in [3.63, 3.8) is 0 Å². The van der Waals surface area contributed by atoms with E-state index >= 15 is 0 Å². The summed E-state index contributed by atoms with van der Waals surface area (Å²) in [4.78, 5) is 21.5. The van der Waals surface area contributed by atoms with E-state index in [2.05, 4.69) is 34.3 Å². The van der Waals surface area contributed by atoms with Crippen LogP contribution in [-0.4, -0.2) is 38.1 Å². The average molecular weight is 390 g/mol. The van der Waals surface area contributed by atoms with E-state index in [0.29, 0.717) is 35.3 Å². The van der Waals surface area contributed by atoms with Gasteiger partial charge in [-0.25, -0.2) is 9.97 Å². The summed E-state index contributed by atoms with van der Waals surface area (Å²) in [7, 11) is 0. The van der Waals surface area contributed by atoms with E-state index in [0.717, 1.165) is 12.8 Å². The average Bonchev–Trinajstić information content (AvgIpc) is 3.35. The number of carbonyl (C=O) groups is 1. The summed E-state index contributed by atoms with van der Waals surface area (Å²) in [5.41, 5.74) is 2.28. The van der Waals surface area contributed by atoms with Crippen molar-refractivity contribution in [2.24, 2.45) is 11.8 Å². The van der Waals surface area contributed by atoms with Gasteiger partial charge in [-0.1, -0.05) is 37.3 Å². The first-order valence-electron chi connectivity index (χ1n) is 10.1. The molecule has 1 aromatic carbocycles. The third-order valence-corrected chi connectivity index (χ3v) is 5.80. The van der Waals surface area contributed by atoms with E-state index in [-0.39, 0.29) is 18.4 Å². The maximum Gasteiger partial charge on any atom is 0.199 e. The number of hydrogen-bond acceptors (Lipinski definition) is 5. The Labute approximate surface area is 170 Å². The number of nitrogens with one attached hydrogen (secondary N) is 1. The zero-order valence-electron chi connectivity index (χ0n) is 16.5. The van der Waals surface area contributed by atoms with Crippen molar-refractivity contribution < 1.29 is 9.90 Å². The Bertz CT molecular complexity index is 970. The van der Waals surface area contributed by atoms with Crippen LogP contribution in [0, 0.1) is 11.8 Å². The Morgan fingerprint density at radius 2 is 2.07 bits per heavy atom. The topological polar surface area (TPSA) is 80.0 Å². The number of aliphatic hydroxyl groups excluding tert-OH is 1. The van der Waals surface area contributed by atoms with Gasteiger partial charge < -0.3 is 15.0 Å². The van der Waals surface area contributed by atoms with E-state index < -0.39 is 0 Å². The summed E-state index contributed by atoms with van der Waals surface area (Å²) in [5.74, 6) is 1.22. The lowest BCUT2D eigenvalue weighted by Crippen LogP contribution is -2.20. The lowest BCUT2D eigenvalue weighted by atomic mass is 10.00. The fraction of sp³-hybridized carbons (Fsp3) is 0.348. The molecule has 29 heavy (non-hydrogen) atoms. The zero-order valence-corrected chi connectivity index (χ0v) is 16.5. The van der Waals surface area contributed by atoms with E-state index in [1.54, 1.807) is 6.20 Å². The molecule has 2 heterocycles. The minimum Gasteiger partial charge on any atom is -0.396 e. The van der Waals surface area contributed by atoms with Gasteiger partial charge in [0.2, 0.25) is 0 Å². The number of aliphatic hydroxyl groups is 1. The third kappa shape index (κ3) is 4.38. The van der Waals surface area contributed by atoms with Gasteiger partial charge in [0.25, 0.3) is 0 Å². The Hall–Kier alpha value is -2.99. The highest BCUT2D eigenvalue weighted by Gasteiger charge is 2.31. The molecule has 1 aliphatic carbocycles. The first-order chi connectivity index (χ1) is 14.1. The van der Waals surface area contributed by atoms with E-state index in [9.17, 15) is 9.90 Å². The summed E-state index contributed by atoms with van der Waals surface area (Å²) in [6.07, 6.45) is 8.65. The van der Waals surface area contributed by atoms with Crippen molar-refractivity contribution in [3.8, 4) is 0 Å². The fourth-order valence-electron chi connectivity index (χ4n) is 4.13. The minimum absolute atomic E-state index is 0.0929. The van der Waals surface area contributed by atoms with Crippen LogP contribution in [0.4, 0.5) is 5.82 Å². The van der Waals surface area contributed by atoms with Crippen molar-refractivity contribution in [2.45, 2.75) is 32.4 Å². The van der Waals surface area contributed by atoms with Gasteiger partial charge in [0.05, 0.1) is 5.56 Å². The summed E-state index contributed by atoms with van der Waals surface area (Å²) in [6.45, 7) is 3.07. The Balaban J connectivity index is 1.50. The van der Waals surface area contributed by atoms with Gasteiger partial charge in [-0.3, -0.25) is 4.79 Å². The predicted octanol–water partition coefficient (Wildman–Crippen LogP) is 3.38. The second-order valence-corrected chi connectivity index (χ2v) is 7.90. The van der Waals surface area contributed by atoms with Crippen molar-refractivity contribution in [1.82, 2.24) is 14.5 Å². The van der Waals surface area contributed by atoms with Crippen LogP contribution in [0.2, 0.25) is 0 Å². The monoisotopic (exact) mass is 390 g/mol. The molecule has 1 fully saturated rings. The van der Waals surface area contributed by atoms with Crippen molar-refractivity contribution in [1.29, 1.82) is 0 Å². The molecule has 4 rings (SSSR count). The first kappa shape index (κ1) is 19.3. The van der Waals surface area contributed by atoms with Gasteiger partial charge in [-0.2, -0.15) is 0 Å². The Morgan fingerprint density at radius 1 is 1.24 bits per heavy atom. The molecule has 0 spiro atoms. The highest BCUT2D eigenvalue weighted by molar-refractivity contribution is 6.11. The standard InChI is InChI=1S/C23H26N4O2/c1-16-9-20(10-19(16)14-28)26-23-21(11-24-15-25-23)22(29)18-7-8-27(13-18)12-17-5-3-2-4-6-17/h2-8,11,13,15-16,19-20,28H,9-10,12,14H2,1H3,(H,24,25,26)/t16-,19+,20-/m0/s1. The molecule has 0 saturated heterocycles. The number of hydrogen-bond donors (Lipinski definition) is 2. The minimum atomic E-state index is -0.0929. The molecule has 0 bridgehead atoms. The second-order valence-electron chi connectivity index (χ2n) is 7.90. The SMILES string of the molecule is C[C@H]1C[C@H](Nc2ncncc2C(=O)c2ccn(Cc3ccccc3)c2)C[C@@H]1CO. The molecule has 3 aromatic rings. The van der Waals surface area contributed by atoms with Crippen LogP contribution in [-0.2, 0) is 6.54 Å². The van der Waals surface area contributed by atoms with Gasteiger partial charge in [-0.15, -0.1) is 0 Å². The van der Waals surface area contributed by atoms with Gasteiger partial charge in [0.15, 0.2) is 5.78 Å². The van der Waals surface area contributed by atoms with Gasteiger partial charge in [-0.05, 0) is 36.3 Å². The molecular weight excluding hydrogens is 364 g/mol. The number of aromatic nitrogens is 3. The molecule has 2 aromatic heterocycles. The van der Waals surface area contributed by atoms with E-state index in [4.69, 9.17) is 0 Å². The summed E-state index contributed by atoms with van der Waals surface area (Å²) in [5, 5.41) is 12.9. The number of carbonyl (C=O) groups excluding carboxylic acids is 1. The van der Waals surface area contributed by atoms with Crippen LogP contribution in [0.5, 0.6) is 0 Å². The molecule has 150 valence electrons. The third-order valence-electron chi connectivity index (χ3n) is 5.80. The van der Waals surface area contributed by atoms with E-state index in [1.165, 1.54) is 11.9 Å². The van der Waals surface area contributed by atoms with Crippen LogP contribution in [0.3, 0.4) is 0 Å². The van der Waals surface area contributed by atoms with Gasteiger partial charge in [0.1, 0.15) is 12.1 Å². The molecule has 6 heteroatoms. The summed E-state index contributed by atoms with van der Waals surface area (Å²) >= 11 is 0. The maximum atomic E-state index is 13.1. The highest BCUT2D eigenvalue weighted by Crippen LogP contribution is 2.33. The van der Waals surface area contributed by atoms with Crippen LogP contribution >= 0.6 is 0 Å². The highest BCUT2D eigenvalue weighted by atomic mass is 16.3. The molecule has 0 unspecified atom stereocenters. The lowest BCUT2D eigenvalue weighted by Gasteiger charge is -2.15. The van der Waals surface area contributed by atoms with E-state index in [1.807, 2.05) is 41.2 Å². The molecule has 2 N–H and O–H groups in total. The van der Waals surface area contributed by atoms with Crippen molar-refractivity contribution in [2.75, 3.05) is 11.9 Å².